The lowest BCUT2D eigenvalue weighted by Gasteiger charge is -2.39. The van der Waals surface area contributed by atoms with E-state index in [1.165, 1.54) is 16.7 Å². The Kier molecular flexibility index (Phi) is 7.39. The van der Waals surface area contributed by atoms with Crippen LogP contribution in [-0.4, -0.2) is 62.4 Å². The first-order chi connectivity index (χ1) is 17.6. The van der Waals surface area contributed by atoms with E-state index in [1.807, 2.05) is 30.3 Å². The summed E-state index contributed by atoms with van der Waals surface area (Å²) >= 11 is 0. The molecule has 3 aromatic rings. The summed E-state index contributed by atoms with van der Waals surface area (Å²) in [5, 5.41) is 12.8. The van der Waals surface area contributed by atoms with Gasteiger partial charge in [-0.1, -0.05) is 18.2 Å². The van der Waals surface area contributed by atoms with Crippen LogP contribution in [0.3, 0.4) is 0 Å². The van der Waals surface area contributed by atoms with Gasteiger partial charge in [0.15, 0.2) is 0 Å². The molecule has 7 nitrogen and oxygen atoms in total. The van der Waals surface area contributed by atoms with E-state index in [1.54, 1.807) is 19.2 Å². The highest BCUT2D eigenvalue weighted by Crippen LogP contribution is 2.38. The normalized spacial score (nSPS) is 17.9. The summed E-state index contributed by atoms with van der Waals surface area (Å²) < 4.78 is 10.8. The Morgan fingerprint density at radius 2 is 1.78 bits per heavy atom. The van der Waals surface area contributed by atoms with E-state index in [0.717, 1.165) is 49.6 Å². The Bertz CT molecular complexity index is 1170. The Balaban J connectivity index is 1.34. The molecule has 0 saturated carbocycles. The van der Waals surface area contributed by atoms with Crippen LogP contribution in [0.2, 0.25) is 0 Å². The number of benzene rings is 3. The fraction of sp³-hybridized carbons (Fsp3) is 0.345. The predicted octanol–water partition coefficient (Wildman–Crippen LogP) is 4.02. The number of carbonyl (C=O) groups excluding carboxylic acids is 1. The number of carbonyl (C=O) groups is 1. The number of phenols is 1. The van der Waals surface area contributed by atoms with Crippen molar-refractivity contribution in [2.24, 2.45) is 0 Å². The summed E-state index contributed by atoms with van der Waals surface area (Å²) in [5.41, 5.74) is 5.68. The number of nitrogens with zero attached hydrogens (tertiary/aromatic N) is 2. The third kappa shape index (κ3) is 5.64. The number of fused-ring (bicyclic) bond motifs is 1. The summed E-state index contributed by atoms with van der Waals surface area (Å²) in [6, 6.07) is 22.1. The molecule has 36 heavy (non-hydrogen) atoms. The number of hydrogen-bond donors (Lipinski definition) is 2. The number of phenolic OH excluding ortho intramolecular Hbond substituents is 1. The maximum Gasteiger partial charge on any atom is 0.238 e. The second kappa shape index (κ2) is 11.0. The van der Waals surface area contributed by atoms with Gasteiger partial charge >= 0.3 is 0 Å². The van der Waals surface area contributed by atoms with E-state index in [0.29, 0.717) is 19.8 Å². The van der Waals surface area contributed by atoms with Crippen LogP contribution in [0.1, 0.15) is 22.7 Å². The largest absolute Gasteiger partial charge is 0.508 e. The summed E-state index contributed by atoms with van der Waals surface area (Å²) in [5.74, 6) is 1.15. The maximum atomic E-state index is 12.5. The van der Waals surface area contributed by atoms with E-state index in [9.17, 15) is 9.90 Å². The van der Waals surface area contributed by atoms with Crippen molar-refractivity contribution >= 4 is 17.3 Å². The first-order valence-electron chi connectivity index (χ1n) is 12.5. The topological polar surface area (TPSA) is 74.3 Å². The molecule has 1 amide bonds. The van der Waals surface area contributed by atoms with Crippen LogP contribution in [0.25, 0.3) is 0 Å². The lowest BCUT2D eigenvalue weighted by atomic mass is 9.88. The molecule has 188 valence electrons. The standard InChI is InChI=1S/C29H33N3O4/c1-35-26-10-11-27-22(19-26)12-13-32(28(27)18-21-2-8-25(33)9-3-21)24-6-4-23(5-7-24)30-29(34)20-31-14-16-36-17-15-31/h2-11,19,28,33H,12-18,20H2,1H3,(H,30,34). The summed E-state index contributed by atoms with van der Waals surface area (Å²) in [6.07, 6.45) is 1.74. The number of aromatic hydroxyl groups is 1. The number of anilines is 2. The minimum atomic E-state index is -0.00398. The molecule has 7 heteroatoms. The molecule has 0 aliphatic carbocycles. The molecular weight excluding hydrogens is 454 g/mol. The van der Waals surface area contributed by atoms with Crippen LogP contribution in [0.4, 0.5) is 11.4 Å². The molecule has 3 aromatic carbocycles. The van der Waals surface area contributed by atoms with Gasteiger partial charge < -0.3 is 24.8 Å². The fourth-order valence-electron chi connectivity index (χ4n) is 5.10. The summed E-state index contributed by atoms with van der Waals surface area (Å²) in [4.78, 5) is 17.0. The van der Waals surface area contributed by atoms with E-state index < -0.39 is 0 Å². The van der Waals surface area contributed by atoms with Gasteiger partial charge in [0.1, 0.15) is 11.5 Å². The lowest BCUT2D eigenvalue weighted by Crippen LogP contribution is -2.41. The highest BCUT2D eigenvalue weighted by molar-refractivity contribution is 5.92. The summed E-state index contributed by atoms with van der Waals surface area (Å²) in [6.45, 7) is 4.20. The highest BCUT2D eigenvalue weighted by Gasteiger charge is 2.28. The zero-order valence-corrected chi connectivity index (χ0v) is 20.7. The van der Waals surface area contributed by atoms with E-state index in [2.05, 4.69) is 39.4 Å². The average Bonchev–Trinajstić information content (AvgIpc) is 2.91. The Labute approximate surface area is 212 Å². The molecule has 2 aliphatic rings. The van der Waals surface area contributed by atoms with Crippen molar-refractivity contribution in [2.75, 3.05) is 56.7 Å². The molecule has 1 unspecified atom stereocenters. The molecule has 0 spiro atoms. The average molecular weight is 488 g/mol. The van der Waals surface area contributed by atoms with Crippen LogP contribution in [0, 0.1) is 0 Å². The zero-order chi connectivity index (χ0) is 24.9. The van der Waals surface area contributed by atoms with Gasteiger partial charge in [-0.2, -0.15) is 0 Å². The molecule has 0 aromatic heterocycles. The van der Waals surface area contributed by atoms with Crippen molar-refractivity contribution in [3.63, 3.8) is 0 Å². The maximum absolute atomic E-state index is 12.5. The number of rotatable bonds is 7. The van der Waals surface area contributed by atoms with Crippen LogP contribution in [0.15, 0.2) is 66.7 Å². The smallest absolute Gasteiger partial charge is 0.238 e. The molecule has 2 aliphatic heterocycles. The van der Waals surface area contributed by atoms with Gasteiger partial charge in [-0.05, 0) is 78.1 Å². The predicted molar refractivity (Wildman–Crippen MR) is 141 cm³/mol. The molecule has 5 rings (SSSR count). The highest BCUT2D eigenvalue weighted by atomic mass is 16.5. The number of hydrogen-bond acceptors (Lipinski definition) is 6. The van der Waals surface area contributed by atoms with E-state index >= 15 is 0 Å². The van der Waals surface area contributed by atoms with Crippen molar-refractivity contribution in [2.45, 2.75) is 18.9 Å². The molecule has 1 saturated heterocycles. The first kappa shape index (κ1) is 24.2. The SMILES string of the molecule is COc1ccc2c(c1)CCN(c1ccc(NC(=O)CN3CCOCC3)cc1)C2Cc1ccc(O)cc1. The molecule has 1 fully saturated rings. The summed E-state index contributed by atoms with van der Waals surface area (Å²) in [7, 11) is 1.70. The van der Waals surface area contributed by atoms with Crippen LogP contribution >= 0.6 is 0 Å². The third-order valence-electron chi connectivity index (χ3n) is 7.03. The van der Waals surface area contributed by atoms with Crippen molar-refractivity contribution in [3.05, 3.63) is 83.4 Å². The van der Waals surface area contributed by atoms with Crippen LogP contribution in [-0.2, 0) is 22.4 Å². The van der Waals surface area contributed by atoms with E-state index in [-0.39, 0.29) is 17.7 Å². The van der Waals surface area contributed by atoms with E-state index in [4.69, 9.17) is 9.47 Å². The molecule has 0 radical (unpaired) electrons. The minimum Gasteiger partial charge on any atom is -0.508 e. The fourth-order valence-corrected chi connectivity index (χ4v) is 5.10. The first-order valence-corrected chi connectivity index (χ1v) is 12.5. The molecule has 2 N–H and O–H groups in total. The van der Waals surface area contributed by atoms with Gasteiger partial charge in [-0.3, -0.25) is 9.69 Å². The number of morpholine rings is 1. The van der Waals surface area contributed by atoms with Gasteiger partial charge in [0.2, 0.25) is 5.91 Å². The van der Waals surface area contributed by atoms with Crippen molar-refractivity contribution in [1.29, 1.82) is 0 Å². The quantitative estimate of drug-likeness (QED) is 0.525. The van der Waals surface area contributed by atoms with Crippen molar-refractivity contribution < 1.29 is 19.4 Å². The Morgan fingerprint density at radius 1 is 1.03 bits per heavy atom. The van der Waals surface area contributed by atoms with Crippen molar-refractivity contribution in [1.82, 2.24) is 4.90 Å². The van der Waals surface area contributed by atoms with Crippen LogP contribution in [0.5, 0.6) is 11.5 Å². The van der Waals surface area contributed by atoms with Gasteiger partial charge in [0, 0.05) is 31.0 Å². The monoisotopic (exact) mass is 487 g/mol. The number of nitrogens with one attached hydrogen (secondary N) is 1. The van der Waals surface area contributed by atoms with Gasteiger partial charge in [0.05, 0.1) is 32.9 Å². The van der Waals surface area contributed by atoms with Crippen LogP contribution < -0.4 is 15.0 Å². The van der Waals surface area contributed by atoms with Gasteiger partial charge in [-0.25, -0.2) is 0 Å². The van der Waals surface area contributed by atoms with Crippen molar-refractivity contribution in [3.8, 4) is 11.5 Å². The molecular formula is C29H33N3O4. The second-order valence-electron chi connectivity index (χ2n) is 9.38. The third-order valence-corrected chi connectivity index (χ3v) is 7.03. The molecule has 2 heterocycles. The number of methoxy groups -OCH3 is 1. The Hall–Kier alpha value is -3.55. The lowest BCUT2D eigenvalue weighted by molar-refractivity contribution is -0.118. The van der Waals surface area contributed by atoms with Gasteiger partial charge in [0.25, 0.3) is 0 Å². The Morgan fingerprint density at radius 3 is 2.50 bits per heavy atom. The molecule has 1 atom stereocenters. The molecule has 0 bridgehead atoms. The second-order valence-corrected chi connectivity index (χ2v) is 9.38. The number of ether oxygens (including phenoxy) is 2. The zero-order valence-electron chi connectivity index (χ0n) is 20.7. The minimum absolute atomic E-state index is 0.00398. The van der Waals surface area contributed by atoms with Gasteiger partial charge in [-0.15, -0.1) is 0 Å². The number of amides is 1.